The summed E-state index contributed by atoms with van der Waals surface area (Å²) < 4.78 is 20.3. The van der Waals surface area contributed by atoms with E-state index in [1.54, 1.807) is 0 Å². The Balaban J connectivity index is 1.50. The minimum Gasteiger partial charge on any atom is -0.374 e. The average molecular weight is 347 g/mol. The van der Waals surface area contributed by atoms with E-state index in [0.29, 0.717) is 5.75 Å². The highest BCUT2D eigenvalue weighted by atomic mass is 32.2. The fraction of sp³-hybridized carbons (Fsp3) is 0.500. The molecule has 0 N–H and O–H groups in total. The molecule has 2 atom stereocenters. The monoisotopic (exact) mass is 347 g/mol. The first-order chi connectivity index (χ1) is 11.6. The van der Waals surface area contributed by atoms with Crippen molar-refractivity contribution in [2.24, 2.45) is 0 Å². The van der Waals surface area contributed by atoms with Crippen LogP contribution in [0.25, 0.3) is 0 Å². The first-order valence-electron chi connectivity index (χ1n) is 8.40. The molecule has 0 spiro atoms. The van der Waals surface area contributed by atoms with Gasteiger partial charge in [-0.25, -0.2) is 0 Å². The number of benzene rings is 1. The lowest BCUT2D eigenvalue weighted by Crippen LogP contribution is -2.45. The summed E-state index contributed by atoms with van der Waals surface area (Å²) in [6, 6.07) is 11.8. The maximum absolute atomic E-state index is 12.3. The number of aromatic nitrogens is 2. The minimum absolute atomic E-state index is 0.141. The zero-order valence-corrected chi connectivity index (χ0v) is 15.2. The van der Waals surface area contributed by atoms with Gasteiger partial charge in [-0.3, -0.25) is 13.8 Å². The van der Waals surface area contributed by atoms with Crippen LogP contribution in [0.4, 0.5) is 0 Å². The van der Waals surface area contributed by atoms with Crippen LogP contribution < -0.4 is 0 Å². The first kappa shape index (κ1) is 17.3. The van der Waals surface area contributed by atoms with Crippen LogP contribution >= 0.6 is 0 Å². The van der Waals surface area contributed by atoms with Crippen molar-refractivity contribution in [1.82, 2.24) is 14.7 Å². The minimum atomic E-state index is -0.935. The van der Waals surface area contributed by atoms with Gasteiger partial charge in [-0.2, -0.15) is 5.10 Å². The molecule has 24 heavy (non-hydrogen) atoms. The van der Waals surface area contributed by atoms with Crippen LogP contribution in [0.2, 0.25) is 0 Å². The Morgan fingerprint density at radius 2 is 2.08 bits per heavy atom. The highest BCUT2D eigenvalue weighted by molar-refractivity contribution is 7.85. The van der Waals surface area contributed by atoms with Crippen LogP contribution in [-0.2, 0) is 22.1 Å². The van der Waals surface area contributed by atoms with Crippen molar-refractivity contribution >= 4 is 10.8 Å². The molecule has 0 aliphatic carbocycles. The van der Waals surface area contributed by atoms with Crippen molar-refractivity contribution < 1.29 is 8.95 Å². The van der Waals surface area contributed by atoms with Crippen molar-refractivity contribution in [3.05, 3.63) is 47.8 Å². The molecule has 0 unspecified atom stereocenters. The van der Waals surface area contributed by atoms with Crippen molar-refractivity contribution in [3.63, 3.8) is 0 Å². The van der Waals surface area contributed by atoms with Crippen molar-refractivity contribution in [3.8, 4) is 0 Å². The Morgan fingerprint density at radius 1 is 1.29 bits per heavy atom. The molecule has 1 aromatic carbocycles. The van der Waals surface area contributed by atoms with E-state index in [1.807, 2.05) is 41.9 Å². The molecule has 5 nitrogen and oxygen atoms in total. The summed E-state index contributed by atoms with van der Waals surface area (Å²) in [5, 5.41) is 4.51. The summed E-state index contributed by atoms with van der Waals surface area (Å²) in [6.07, 6.45) is 0.141. The molecule has 3 rings (SSSR count). The zero-order chi connectivity index (χ0) is 16.9. The normalized spacial score (nSPS) is 20.2. The summed E-state index contributed by atoms with van der Waals surface area (Å²) in [5.74, 6) is 0.663. The van der Waals surface area contributed by atoms with Crippen molar-refractivity contribution in [2.75, 3.05) is 32.0 Å². The van der Waals surface area contributed by atoms with Gasteiger partial charge < -0.3 is 4.74 Å². The van der Waals surface area contributed by atoms with E-state index in [4.69, 9.17) is 4.74 Å². The number of nitrogens with zero attached hydrogens (tertiary/aromatic N) is 3. The maximum atomic E-state index is 12.3. The van der Waals surface area contributed by atoms with Gasteiger partial charge >= 0.3 is 0 Å². The van der Waals surface area contributed by atoms with E-state index in [2.05, 4.69) is 23.0 Å². The molecule has 0 radical (unpaired) electrons. The van der Waals surface area contributed by atoms with Crippen LogP contribution in [0.1, 0.15) is 11.4 Å². The van der Waals surface area contributed by atoms with E-state index >= 15 is 0 Å². The molecule has 2 heterocycles. The standard InChI is InChI=1S/C18H25N3O2S/c1-15-12-16(2)21(19-15)14-17-13-20(8-10-23-17)9-11-24(22)18-6-4-3-5-7-18/h3-7,12,17H,8-11,13-14H2,1-2H3/t17-,24-/m1/s1. The summed E-state index contributed by atoms with van der Waals surface area (Å²) in [6.45, 7) is 8.18. The SMILES string of the molecule is Cc1cc(C)n(C[C@H]2CN(CC[S@@](=O)c3ccccc3)CCO2)n1. The predicted octanol–water partition coefficient (Wildman–Crippen LogP) is 2.01. The van der Waals surface area contributed by atoms with Crippen LogP contribution in [0.3, 0.4) is 0 Å². The third kappa shape index (κ3) is 4.53. The zero-order valence-electron chi connectivity index (χ0n) is 14.4. The molecule has 0 saturated carbocycles. The molecule has 1 saturated heterocycles. The van der Waals surface area contributed by atoms with Gasteiger partial charge in [-0.15, -0.1) is 0 Å². The molecule has 2 aromatic rings. The summed E-state index contributed by atoms with van der Waals surface area (Å²) in [4.78, 5) is 3.26. The van der Waals surface area contributed by atoms with Crippen molar-refractivity contribution in [1.29, 1.82) is 0 Å². The third-order valence-corrected chi connectivity index (χ3v) is 5.65. The Bertz CT molecular complexity index is 687. The predicted molar refractivity (Wildman–Crippen MR) is 95.6 cm³/mol. The molecular weight excluding hydrogens is 322 g/mol. The molecule has 6 heteroatoms. The second kappa shape index (κ2) is 8.05. The second-order valence-corrected chi connectivity index (χ2v) is 7.84. The number of aryl methyl sites for hydroxylation is 2. The fourth-order valence-electron chi connectivity index (χ4n) is 3.05. The van der Waals surface area contributed by atoms with Crippen LogP contribution in [0.15, 0.2) is 41.3 Å². The first-order valence-corrected chi connectivity index (χ1v) is 9.72. The van der Waals surface area contributed by atoms with Gasteiger partial charge in [-0.1, -0.05) is 18.2 Å². The van der Waals surface area contributed by atoms with E-state index in [-0.39, 0.29) is 6.10 Å². The Morgan fingerprint density at radius 3 is 2.79 bits per heavy atom. The summed E-state index contributed by atoms with van der Waals surface area (Å²) >= 11 is 0. The molecule has 1 aliphatic heterocycles. The topological polar surface area (TPSA) is 47.4 Å². The highest BCUT2D eigenvalue weighted by Crippen LogP contribution is 2.11. The summed E-state index contributed by atoms with van der Waals surface area (Å²) in [5.41, 5.74) is 2.21. The molecule has 1 aromatic heterocycles. The molecular formula is C18H25N3O2S. The lowest BCUT2D eigenvalue weighted by molar-refractivity contribution is -0.0357. The van der Waals surface area contributed by atoms with Crippen molar-refractivity contribution in [2.45, 2.75) is 31.4 Å². The summed E-state index contributed by atoms with van der Waals surface area (Å²) in [7, 11) is -0.935. The number of rotatable bonds is 6. The van der Waals surface area contributed by atoms with E-state index < -0.39 is 10.8 Å². The smallest absolute Gasteiger partial charge is 0.0898 e. The van der Waals surface area contributed by atoms with Gasteiger partial charge in [0.1, 0.15) is 0 Å². The van der Waals surface area contributed by atoms with Gasteiger partial charge in [0.15, 0.2) is 0 Å². The number of hydrogen-bond donors (Lipinski definition) is 0. The molecule has 0 amide bonds. The Labute approximate surface area is 146 Å². The van der Waals surface area contributed by atoms with Crippen LogP contribution in [0.5, 0.6) is 0 Å². The quantitative estimate of drug-likeness (QED) is 0.802. The fourth-order valence-corrected chi connectivity index (χ4v) is 4.17. The average Bonchev–Trinajstić information content (AvgIpc) is 2.91. The van der Waals surface area contributed by atoms with Gasteiger partial charge in [0.05, 0.1) is 35.7 Å². The highest BCUT2D eigenvalue weighted by Gasteiger charge is 2.22. The largest absolute Gasteiger partial charge is 0.374 e. The Hall–Kier alpha value is -1.50. The maximum Gasteiger partial charge on any atom is 0.0898 e. The molecule has 130 valence electrons. The third-order valence-electron chi connectivity index (χ3n) is 4.30. The number of ether oxygens (including phenoxy) is 1. The molecule has 1 aliphatic rings. The lowest BCUT2D eigenvalue weighted by Gasteiger charge is -2.32. The second-order valence-electron chi connectivity index (χ2n) is 6.27. The van der Waals surface area contributed by atoms with E-state index in [0.717, 1.165) is 43.4 Å². The Kier molecular flexibility index (Phi) is 5.81. The number of morpholine rings is 1. The molecule has 0 bridgehead atoms. The van der Waals surface area contributed by atoms with Gasteiger partial charge in [0.2, 0.25) is 0 Å². The van der Waals surface area contributed by atoms with Crippen LogP contribution in [0, 0.1) is 13.8 Å². The van der Waals surface area contributed by atoms with E-state index in [1.165, 1.54) is 5.69 Å². The molecule has 1 fully saturated rings. The number of hydrogen-bond acceptors (Lipinski definition) is 4. The van der Waals surface area contributed by atoms with Gasteiger partial charge in [0.25, 0.3) is 0 Å². The van der Waals surface area contributed by atoms with Gasteiger partial charge in [-0.05, 0) is 32.0 Å². The van der Waals surface area contributed by atoms with Gasteiger partial charge in [0, 0.05) is 36.0 Å². The lowest BCUT2D eigenvalue weighted by atomic mass is 10.2. The van der Waals surface area contributed by atoms with Crippen LogP contribution in [-0.4, -0.2) is 57.0 Å². The van der Waals surface area contributed by atoms with E-state index in [9.17, 15) is 4.21 Å².